The zero-order valence-corrected chi connectivity index (χ0v) is 35.0. The minimum Gasteiger partial charge on any atom is -0.311 e. The van der Waals surface area contributed by atoms with E-state index in [9.17, 15) is 0 Å². The van der Waals surface area contributed by atoms with Crippen molar-refractivity contribution >= 4 is 62.9 Å². The molecule has 9 aromatic carbocycles. The lowest BCUT2D eigenvalue weighted by atomic mass is 9.82. The van der Waals surface area contributed by atoms with Gasteiger partial charge in [0.25, 0.3) is 0 Å². The van der Waals surface area contributed by atoms with E-state index in [1.54, 1.807) is 0 Å². The van der Waals surface area contributed by atoms with Gasteiger partial charge in [-0.3, -0.25) is 0 Å². The fourth-order valence-corrected chi connectivity index (χ4v) is 14.6. The van der Waals surface area contributed by atoms with Crippen LogP contribution in [0, 0.1) is 0 Å². The maximum absolute atomic E-state index is 3.12. The van der Waals surface area contributed by atoms with Crippen molar-refractivity contribution < 1.29 is 0 Å². The van der Waals surface area contributed by atoms with Crippen LogP contribution in [0.25, 0.3) is 11.1 Å². The van der Waals surface area contributed by atoms with E-state index in [0.717, 1.165) is 28.4 Å². The van der Waals surface area contributed by atoms with E-state index in [-0.39, 0.29) is 5.41 Å². The summed E-state index contributed by atoms with van der Waals surface area (Å²) in [6.45, 7) is 4.71. The number of hydrogen-bond acceptors (Lipinski definition) is 2. The highest BCUT2D eigenvalue weighted by molar-refractivity contribution is 7.20. The first-order chi connectivity index (χ1) is 29.5. The first-order valence-corrected chi connectivity index (χ1v) is 22.9. The standard InChI is InChI=1S/C57H46N2Si/c1-57(2)53-36-19-18-35-51(53)52-42-47(39-40-54(52)57)59(45-27-12-5-13-28-45)55-37-20-21-38-56(55)60(48-30-14-6-15-31-48,49-32-16-7-17-33-49)50-34-22-29-46(41-50)58(43-23-8-3-9-24-43)44-25-10-4-11-26-44/h3-42H,1-2H3. The second-order valence-corrected chi connectivity index (χ2v) is 19.9. The first-order valence-electron chi connectivity index (χ1n) is 20.9. The average molecular weight is 787 g/mol. The minimum atomic E-state index is -3.12. The third-order valence-corrected chi connectivity index (χ3v) is 17.2. The molecule has 0 saturated heterocycles. The predicted octanol–water partition coefficient (Wildman–Crippen LogP) is 12.3. The molecule has 10 rings (SSSR count). The molecule has 2 nitrogen and oxygen atoms in total. The Bertz CT molecular complexity index is 2810. The molecule has 0 spiro atoms. The average Bonchev–Trinajstić information content (AvgIpc) is 3.54. The van der Waals surface area contributed by atoms with Crippen molar-refractivity contribution in [3.8, 4) is 11.1 Å². The topological polar surface area (TPSA) is 6.48 Å². The molecule has 0 amide bonds. The molecule has 0 radical (unpaired) electrons. The molecule has 0 heterocycles. The predicted molar refractivity (Wildman–Crippen MR) is 257 cm³/mol. The molecule has 0 saturated carbocycles. The van der Waals surface area contributed by atoms with Crippen molar-refractivity contribution in [3.63, 3.8) is 0 Å². The number of benzene rings is 9. The molecule has 1 aliphatic rings. The van der Waals surface area contributed by atoms with Gasteiger partial charge in [-0.2, -0.15) is 0 Å². The number of anilines is 6. The summed E-state index contributed by atoms with van der Waals surface area (Å²) in [6.07, 6.45) is 0. The Balaban J connectivity index is 1.26. The Kier molecular flexibility index (Phi) is 9.59. The molecule has 0 aliphatic heterocycles. The van der Waals surface area contributed by atoms with Gasteiger partial charge in [0.05, 0.1) is 0 Å². The summed E-state index contributed by atoms with van der Waals surface area (Å²) in [6, 6.07) is 89.5. The van der Waals surface area contributed by atoms with E-state index in [1.807, 2.05) is 0 Å². The van der Waals surface area contributed by atoms with Gasteiger partial charge in [-0.1, -0.05) is 190 Å². The first kappa shape index (κ1) is 37.1. The second kappa shape index (κ2) is 15.5. The highest BCUT2D eigenvalue weighted by Crippen LogP contribution is 2.50. The van der Waals surface area contributed by atoms with Gasteiger partial charge < -0.3 is 9.80 Å². The molecule has 9 aromatic rings. The van der Waals surface area contributed by atoms with Gasteiger partial charge in [-0.25, -0.2) is 0 Å². The molecular formula is C57H46N2Si. The molecule has 0 N–H and O–H groups in total. The fraction of sp³-hybridized carbons (Fsp3) is 0.0526. The van der Waals surface area contributed by atoms with E-state index in [0.29, 0.717) is 0 Å². The summed E-state index contributed by atoms with van der Waals surface area (Å²) in [4.78, 5) is 4.88. The summed E-state index contributed by atoms with van der Waals surface area (Å²) >= 11 is 0. The van der Waals surface area contributed by atoms with E-state index in [1.165, 1.54) is 48.7 Å². The van der Waals surface area contributed by atoms with Crippen molar-refractivity contribution in [3.05, 3.63) is 254 Å². The Morgan fingerprint density at radius 3 is 1.35 bits per heavy atom. The largest absolute Gasteiger partial charge is 0.311 e. The smallest absolute Gasteiger partial charge is 0.181 e. The highest BCUT2D eigenvalue weighted by Gasteiger charge is 2.44. The van der Waals surface area contributed by atoms with Crippen LogP contribution in [-0.2, 0) is 5.41 Å². The van der Waals surface area contributed by atoms with Gasteiger partial charge in [0.2, 0.25) is 0 Å². The zero-order valence-electron chi connectivity index (χ0n) is 34.0. The van der Waals surface area contributed by atoms with Crippen molar-refractivity contribution in [1.29, 1.82) is 0 Å². The van der Waals surface area contributed by atoms with Crippen LogP contribution in [0.1, 0.15) is 25.0 Å². The van der Waals surface area contributed by atoms with Crippen LogP contribution in [-0.4, -0.2) is 8.07 Å². The molecule has 0 unspecified atom stereocenters. The van der Waals surface area contributed by atoms with Gasteiger partial charge in [0.1, 0.15) is 0 Å². The van der Waals surface area contributed by atoms with E-state index >= 15 is 0 Å². The van der Waals surface area contributed by atoms with Crippen LogP contribution >= 0.6 is 0 Å². The molecule has 0 aromatic heterocycles. The highest BCUT2D eigenvalue weighted by atomic mass is 28.3. The molecule has 0 fully saturated rings. The monoisotopic (exact) mass is 786 g/mol. The quantitative estimate of drug-likeness (QED) is 0.101. The van der Waals surface area contributed by atoms with E-state index in [2.05, 4.69) is 266 Å². The van der Waals surface area contributed by atoms with Gasteiger partial charge in [0, 0.05) is 39.5 Å². The number of fused-ring (bicyclic) bond motifs is 3. The number of hydrogen-bond donors (Lipinski definition) is 0. The number of rotatable bonds is 10. The zero-order chi connectivity index (χ0) is 40.5. The summed E-state index contributed by atoms with van der Waals surface area (Å²) in [5.41, 5.74) is 12.0. The molecule has 3 heteroatoms. The summed E-state index contributed by atoms with van der Waals surface area (Å²) in [5, 5.41) is 5.27. The lowest BCUT2D eigenvalue weighted by molar-refractivity contribution is 0.660. The van der Waals surface area contributed by atoms with Gasteiger partial charge >= 0.3 is 0 Å². The molecule has 0 bridgehead atoms. The van der Waals surface area contributed by atoms with Gasteiger partial charge in [-0.05, 0) is 110 Å². The molecular weight excluding hydrogens is 741 g/mol. The van der Waals surface area contributed by atoms with E-state index < -0.39 is 8.07 Å². The number of para-hydroxylation sites is 4. The van der Waals surface area contributed by atoms with Crippen LogP contribution in [0.4, 0.5) is 34.1 Å². The number of nitrogens with zero attached hydrogens (tertiary/aromatic N) is 2. The van der Waals surface area contributed by atoms with Crippen molar-refractivity contribution in [2.24, 2.45) is 0 Å². The normalized spacial score (nSPS) is 12.6. The molecule has 0 atom stereocenters. The lowest BCUT2D eigenvalue weighted by Crippen LogP contribution is -2.75. The molecule has 288 valence electrons. The van der Waals surface area contributed by atoms with Crippen LogP contribution in [0.2, 0.25) is 0 Å². The van der Waals surface area contributed by atoms with Crippen molar-refractivity contribution in [2.45, 2.75) is 19.3 Å². The van der Waals surface area contributed by atoms with Gasteiger partial charge in [0.15, 0.2) is 8.07 Å². The van der Waals surface area contributed by atoms with Crippen LogP contribution < -0.4 is 30.5 Å². The van der Waals surface area contributed by atoms with Crippen LogP contribution in [0.3, 0.4) is 0 Å². The van der Waals surface area contributed by atoms with Crippen LogP contribution in [0.5, 0.6) is 0 Å². The summed E-state index contributed by atoms with van der Waals surface area (Å²) in [5.74, 6) is 0. The molecule has 60 heavy (non-hydrogen) atoms. The molecule has 1 aliphatic carbocycles. The lowest BCUT2D eigenvalue weighted by Gasteiger charge is -2.39. The third kappa shape index (κ3) is 6.26. The van der Waals surface area contributed by atoms with E-state index in [4.69, 9.17) is 0 Å². The second-order valence-electron chi connectivity index (χ2n) is 16.1. The Morgan fingerprint density at radius 2 is 0.750 bits per heavy atom. The van der Waals surface area contributed by atoms with Crippen molar-refractivity contribution in [2.75, 3.05) is 9.80 Å². The van der Waals surface area contributed by atoms with Gasteiger partial charge in [-0.15, -0.1) is 0 Å². The third-order valence-electron chi connectivity index (χ3n) is 12.4. The summed E-state index contributed by atoms with van der Waals surface area (Å²) < 4.78 is 0. The summed E-state index contributed by atoms with van der Waals surface area (Å²) in [7, 11) is -3.12. The fourth-order valence-electron chi connectivity index (χ4n) is 9.66. The Morgan fingerprint density at radius 1 is 0.317 bits per heavy atom. The maximum Gasteiger partial charge on any atom is 0.181 e. The Hall–Kier alpha value is -7.20. The Labute approximate surface area is 355 Å². The van der Waals surface area contributed by atoms with Crippen LogP contribution in [0.15, 0.2) is 243 Å². The van der Waals surface area contributed by atoms with Crippen molar-refractivity contribution in [1.82, 2.24) is 0 Å². The maximum atomic E-state index is 2.50. The SMILES string of the molecule is CC1(C)c2ccccc2-c2cc(N(c3ccccc3)c3ccccc3[Si](c3ccccc3)(c3ccccc3)c3cccc(N(c4ccccc4)c4ccccc4)c3)ccc21. The minimum absolute atomic E-state index is 0.0823.